The third kappa shape index (κ3) is 3.70. The molecule has 0 spiro atoms. The van der Waals surface area contributed by atoms with Crippen LogP contribution in [0.2, 0.25) is 0 Å². The van der Waals surface area contributed by atoms with E-state index in [0.29, 0.717) is 6.54 Å². The molecule has 1 unspecified atom stereocenters. The lowest BCUT2D eigenvalue weighted by atomic mass is 10.00. The standard InChI is InChI=1S/C8H19NO2/c1-7(8(2,3)11)9(4)5-6-10/h7,10-11H,5-6H2,1-4H3. The van der Waals surface area contributed by atoms with Gasteiger partial charge in [0, 0.05) is 12.6 Å². The van der Waals surface area contributed by atoms with Crippen molar-refractivity contribution in [3.63, 3.8) is 0 Å². The summed E-state index contributed by atoms with van der Waals surface area (Å²) in [5.41, 5.74) is -0.704. The zero-order valence-corrected chi connectivity index (χ0v) is 7.83. The molecule has 0 aliphatic heterocycles. The maximum absolute atomic E-state index is 9.56. The van der Waals surface area contributed by atoms with Crippen molar-refractivity contribution in [2.45, 2.75) is 32.4 Å². The van der Waals surface area contributed by atoms with Crippen LogP contribution >= 0.6 is 0 Å². The molecule has 2 N–H and O–H groups in total. The van der Waals surface area contributed by atoms with E-state index in [1.165, 1.54) is 0 Å². The lowest BCUT2D eigenvalue weighted by Gasteiger charge is -2.33. The maximum Gasteiger partial charge on any atom is 0.0743 e. The highest BCUT2D eigenvalue weighted by Crippen LogP contribution is 2.12. The second kappa shape index (κ2) is 4.04. The van der Waals surface area contributed by atoms with E-state index in [1.807, 2.05) is 18.9 Å². The number of hydrogen-bond acceptors (Lipinski definition) is 3. The molecule has 0 rings (SSSR count). The number of aliphatic hydroxyl groups is 2. The van der Waals surface area contributed by atoms with Gasteiger partial charge >= 0.3 is 0 Å². The van der Waals surface area contributed by atoms with Crippen molar-refractivity contribution in [2.24, 2.45) is 0 Å². The fraction of sp³-hybridized carbons (Fsp3) is 1.00. The van der Waals surface area contributed by atoms with Gasteiger partial charge in [0.2, 0.25) is 0 Å². The Bertz CT molecular complexity index is 109. The van der Waals surface area contributed by atoms with E-state index in [1.54, 1.807) is 13.8 Å². The number of nitrogens with zero attached hydrogens (tertiary/aromatic N) is 1. The molecular weight excluding hydrogens is 142 g/mol. The molecule has 68 valence electrons. The Morgan fingerprint density at radius 2 is 1.91 bits per heavy atom. The Kier molecular flexibility index (Phi) is 4.00. The van der Waals surface area contributed by atoms with Crippen molar-refractivity contribution >= 4 is 0 Å². The summed E-state index contributed by atoms with van der Waals surface area (Å²) in [7, 11) is 1.89. The van der Waals surface area contributed by atoms with E-state index in [9.17, 15) is 5.11 Å². The number of likely N-dealkylation sites (N-methyl/N-ethyl adjacent to an activating group) is 1. The van der Waals surface area contributed by atoms with E-state index in [0.717, 1.165) is 0 Å². The van der Waals surface area contributed by atoms with Crippen molar-refractivity contribution in [2.75, 3.05) is 20.2 Å². The van der Waals surface area contributed by atoms with Gasteiger partial charge in [-0.2, -0.15) is 0 Å². The summed E-state index contributed by atoms with van der Waals surface area (Å²) in [4.78, 5) is 1.93. The first-order chi connectivity index (χ1) is 4.89. The lowest BCUT2D eigenvalue weighted by molar-refractivity contribution is -0.00628. The molecule has 3 heteroatoms. The molecule has 3 nitrogen and oxygen atoms in total. The summed E-state index contributed by atoms with van der Waals surface area (Å²) in [5.74, 6) is 0. The quantitative estimate of drug-likeness (QED) is 0.613. The molecule has 0 aromatic heterocycles. The van der Waals surface area contributed by atoms with E-state index >= 15 is 0 Å². The van der Waals surface area contributed by atoms with Crippen molar-refractivity contribution in [1.29, 1.82) is 0 Å². The second-order valence-electron chi connectivity index (χ2n) is 3.53. The van der Waals surface area contributed by atoms with Gasteiger partial charge in [0.05, 0.1) is 12.2 Å². The van der Waals surface area contributed by atoms with Crippen LogP contribution in [0.15, 0.2) is 0 Å². The molecule has 0 saturated heterocycles. The highest BCUT2D eigenvalue weighted by atomic mass is 16.3. The van der Waals surface area contributed by atoms with Crippen LogP contribution in [-0.2, 0) is 0 Å². The van der Waals surface area contributed by atoms with Crippen LogP contribution in [0, 0.1) is 0 Å². The van der Waals surface area contributed by atoms with E-state index in [2.05, 4.69) is 0 Å². The molecular formula is C8H19NO2. The van der Waals surface area contributed by atoms with Crippen LogP contribution in [0.5, 0.6) is 0 Å². The predicted molar refractivity (Wildman–Crippen MR) is 45.5 cm³/mol. The number of aliphatic hydroxyl groups excluding tert-OH is 1. The van der Waals surface area contributed by atoms with Gasteiger partial charge in [0.1, 0.15) is 0 Å². The summed E-state index contributed by atoms with van der Waals surface area (Å²) in [6.45, 7) is 6.22. The van der Waals surface area contributed by atoms with Crippen molar-refractivity contribution in [1.82, 2.24) is 4.90 Å². The van der Waals surface area contributed by atoms with Crippen LogP contribution in [0.25, 0.3) is 0 Å². The van der Waals surface area contributed by atoms with Gasteiger partial charge in [-0.1, -0.05) is 0 Å². The van der Waals surface area contributed by atoms with Crippen molar-refractivity contribution in [3.05, 3.63) is 0 Å². The van der Waals surface area contributed by atoms with E-state index in [4.69, 9.17) is 5.11 Å². The van der Waals surface area contributed by atoms with Gasteiger partial charge < -0.3 is 10.2 Å². The minimum Gasteiger partial charge on any atom is -0.395 e. The SMILES string of the molecule is CC(N(C)CCO)C(C)(C)O. The van der Waals surface area contributed by atoms with Crippen LogP contribution < -0.4 is 0 Å². The van der Waals surface area contributed by atoms with E-state index in [-0.39, 0.29) is 12.6 Å². The van der Waals surface area contributed by atoms with Gasteiger partial charge in [-0.15, -0.1) is 0 Å². The molecule has 0 fully saturated rings. The molecule has 0 saturated carbocycles. The van der Waals surface area contributed by atoms with Crippen LogP contribution in [0.4, 0.5) is 0 Å². The minimum absolute atomic E-state index is 0.0645. The Hall–Kier alpha value is -0.120. The summed E-state index contributed by atoms with van der Waals surface area (Å²) in [6, 6.07) is 0.0645. The smallest absolute Gasteiger partial charge is 0.0743 e. The fourth-order valence-corrected chi connectivity index (χ4v) is 0.891. The third-order valence-electron chi connectivity index (χ3n) is 2.14. The van der Waals surface area contributed by atoms with Crippen molar-refractivity contribution < 1.29 is 10.2 Å². The van der Waals surface area contributed by atoms with Crippen LogP contribution in [0.1, 0.15) is 20.8 Å². The minimum atomic E-state index is -0.704. The highest BCUT2D eigenvalue weighted by Gasteiger charge is 2.25. The molecule has 0 aliphatic carbocycles. The molecule has 0 heterocycles. The first-order valence-corrected chi connectivity index (χ1v) is 3.93. The molecule has 1 atom stereocenters. The average molecular weight is 161 g/mol. The topological polar surface area (TPSA) is 43.7 Å². The summed E-state index contributed by atoms with van der Waals surface area (Å²) in [5, 5.41) is 18.2. The summed E-state index contributed by atoms with van der Waals surface area (Å²) in [6.07, 6.45) is 0. The molecule has 0 aliphatic rings. The third-order valence-corrected chi connectivity index (χ3v) is 2.14. The molecule has 0 amide bonds. The number of hydrogen-bond donors (Lipinski definition) is 2. The van der Waals surface area contributed by atoms with Gasteiger partial charge in [0.25, 0.3) is 0 Å². The van der Waals surface area contributed by atoms with Gasteiger partial charge in [0.15, 0.2) is 0 Å². The normalized spacial score (nSPS) is 15.5. The van der Waals surface area contributed by atoms with Gasteiger partial charge in [-0.25, -0.2) is 0 Å². The number of rotatable bonds is 4. The Balaban J connectivity index is 3.91. The van der Waals surface area contributed by atoms with Crippen LogP contribution in [0.3, 0.4) is 0 Å². The monoisotopic (exact) mass is 161 g/mol. The molecule has 0 aromatic rings. The highest BCUT2D eigenvalue weighted by molar-refractivity contribution is 4.80. The van der Waals surface area contributed by atoms with Gasteiger partial charge in [-0.05, 0) is 27.8 Å². The molecule has 11 heavy (non-hydrogen) atoms. The van der Waals surface area contributed by atoms with Crippen LogP contribution in [-0.4, -0.2) is 47.0 Å². The zero-order valence-electron chi connectivity index (χ0n) is 7.83. The molecule has 0 bridgehead atoms. The van der Waals surface area contributed by atoms with Gasteiger partial charge in [-0.3, -0.25) is 4.90 Å². The lowest BCUT2D eigenvalue weighted by Crippen LogP contribution is -2.46. The summed E-state index contributed by atoms with van der Waals surface area (Å²) < 4.78 is 0. The Morgan fingerprint density at radius 1 is 1.45 bits per heavy atom. The fourth-order valence-electron chi connectivity index (χ4n) is 0.891. The molecule has 0 radical (unpaired) electrons. The largest absolute Gasteiger partial charge is 0.395 e. The van der Waals surface area contributed by atoms with Crippen molar-refractivity contribution in [3.8, 4) is 0 Å². The predicted octanol–water partition coefficient (Wildman–Crippen LogP) is 0.0699. The second-order valence-corrected chi connectivity index (χ2v) is 3.53. The maximum atomic E-state index is 9.56. The Labute approximate surface area is 68.6 Å². The average Bonchev–Trinajstić information content (AvgIpc) is 1.85. The summed E-state index contributed by atoms with van der Waals surface area (Å²) >= 11 is 0. The Morgan fingerprint density at radius 3 is 2.18 bits per heavy atom. The first kappa shape index (κ1) is 10.9. The first-order valence-electron chi connectivity index (χ1n) is 3.93. The zero-order chi connectivity index (χ0) is 9.07. The van der Waals surface area contributed by atoms with E-state index < -0.39 is 5.60 Å². The molecule has 0 aromatic carbocycles.